The molecule has 0 unspecified atom stereocenters. The lowest BCUT2D eigenvalue weighted by atomic mass is 9.95. The first-order chi connectivity index (χ1) is 16.2. The van der Waals surface area contributed by atoms with Crippen molar-refractivity contribution in [1.29, 1.82) is 0 Å². The van der Waals surface area contributed by atoms with Gasteiger partial charge in [0.25, 0.3) is 0 Å². The molecule has 1 atom stereocenters. The van der Waals surface area contributed by atoms with E-state index in [2.05, 4.69) is 37.4 Å². The van der Waals surface area contributed by atoms with Crippen LogP contribution in [0.4, 0.5) is 0 Å². The van der Waals surface area contributed by atoms with Crippen molar-refractivity contribution in [3.8, 4) is 0 Å². The van der Waals surface area contributed by atoms with Crippen LogP contribution in [0.15, 0.2) is 36.4 Å². The van der Waals surface area contributed by atoms with Crippen LogP contribution < -0.4 is 5.32 Å². The topological polar surface area (TPSA) is 49.4 Å². The Labute approximate surface area is 217 Å². The van der Waals surface area contributed by atoms with Gasteiger partial charge in [0.1, 0.15) is 6.04 Å². The lowest BCUT2D eigenvalue weighted by Gasteiger charge is -2.31. The van der Waals surface area contributed by atoms with Gasteiger partial charge in [0.15, 0.2) is 0 Å². The summed E-state index contributed by atoms with van der Waals surface area (Å²) in [7, 11) is 0. The van der Waals surface area contributed by atoms with Gasteiger partial charge in [-0.25, -0.2) is 0 Å². The Kier molecular flexibility index (Phi) is 10.2. The van der Waals surface area contributed by atoms with Gasteiger partial charge in [-0.2, -0.15) is 0 Å². The molecule has 1 fully saturated rings. The van der Waals surface area contributed by atoms with Crippen molar-refractivity contribution in [1.82, 2.24) is 10.2 Å². The number of benzene rings is 2. The zero-order valence-electron chi connectivity index (χ0n) is 20.2. The van der Waals surface area contributed by atoms with E-state index in [0.717, 1.165) is 37.0 Å². The predicted octanol–water partition coefficient (Wildman–Crippen LogP) is 6.71. The molecule has 7 heteroatoms. The standard InChI is InChI=1S/C27H34Cl2N2O2S/c1-18-11-19(2)13-21(12-18)16-34-17-26(32)31(15-22-9-10-23(28)14-25(22)29)20(3)27(33)30-24-7-5-4-6-8-24/h9-14,20,24H,4-8,15-17H2,1-3H3,(H,30,33)/t20-/m1/s1. The number of aryl methyl sites for hydroxylation is 2. The number of halogens is 2. The second kappa shape index (κ2) is 12.9. The molecule has 3 rings (SSSR count). The second-order valence-corrected chi connectivity index (χ2v) is 11.1. The molecular weight excluding hydrogens is 487 g/mol. The van der Waals surface area contributed by atoms with Crippen LogP contribution in [0.2, 0.25) is 10.0 Å². The van der Waals surface area contributed by atoms with Crippen LogP contribution in [0.25, 0.3) is 0 Å². The van der Waals surface area contributed by atoms with Crippen LogP contribution in [0.5, 0.6) is 0 Å². The smallest absolute Gasteiger partial charge is 0.242 e. The summed E-state index contributed by atoms with van der Waals surface area (Å²) in [4.78, 5) is 28.1. The number of rotatable bonds is 9. The van der Waals surface area contributed by atoms with Crippen LogP contribution in [0, 0.1) is 13.8 Å². The van der Waals surface area contributed by atoms with E-state index < -0.39 is 6.04 Å². The molecular formula is C27H34Cl2N2O2S. The molecule has 2 aromatic rings. The molecule has 1 N–H and O–H groups in total. The minimum Gasteiger partial charge on any atom is -0.352 e. The quantitative estimate of drug-likeness (QED) is 0.399. The van der Waals surface area contributed by atoms with E-state index in [-0.39, 0.29) is 24.4 Å². The Morgan fingerprint density at radius 2 is 1.74 bits per heavy atom. The van der Waals surface area contributed by atoms with E-state index >= 15 is 0 Å². The lowest BCUT2D eigenvalue weighted by molar-refractivity contribution is -0.139. The first kappa shape index (κ1) is 26.9. The fourth-order valence-corrected chi connectivity index (χ4v) is 5.79. The van der Waals surface area contributed by atoms with Crippen LogP contribution in [0.1, 0.15) is 61.3 Å². The molecule has 184 valence electrons. The largest absolute Gasteiger partial charge is 0.352 e. The summed E-state index contributed by atoms with van der Waals surface area (Å²) in [6, 6.07) is 11.3. The van der Waals surface area contributed by atoms with E-state index in [1.54, 1.807) is 35.7 Å². The van der Waals surface area contributed by atoms with E-state index in [1.165, 1.54) is 23.1 Å². The third-order valence-electron chi connectivity index (χ3n) is 6.25. The van der Waals surface area contributed by atoms with Crippen LogP contribution >= 0.6 is 35.0 Å². The average Bonchev–Trinajstić information content (AvgIpc) is 2.78. The molecule has 34 heavy (non-hydrogen) atoms. The molecule has 0 radical (unpaired) electrons. The Morgan fingerprint density at radius 1 is 1.06 bits per heavy atom. The number of nitrogens with zero attached hydrogens (tertiary/aromatic N) is 1. The predicted molar refractivity (Wildman–Crippen MR) is 144 cm³/mol. The van der Waals surface area contributed by atoms with Gasteiger partial charge in [0.2, 0.25) is 11.8 Å². The van der Waals surface area contributed by atoms with Crippen molar-refractivity contribution in [3.05, 3.63) is 68.7 Å². The van der Waals surface area contributed by atoms with E-state index in [1.807, 2.05) is 6.07 Å². The maximum atomic E-state index is 13.3. The van der Waals surface area contributed by atoms with Crippen molar-refractivity contribution in [2.45, 2.75) is 77.3 Å². The highest BCUT2D eigenvalue weighted by Gasteiger charge is 2.28. The molecule has 0 saturated heterocycles. The van der Waals surface area contributed by atoms with Crippen LogP contribution in [0.3, 0.4) is 0 Å². The summed E-state index contributed by atoms with van der Waals surface area (Å²) >= 11 is 14.0. The molecule has 0 bridgehead atoms. The van der Waals surface area contributed by atoms with Gasteiger partial charge in [0.05, 0.1) is 5.75 Å². The van der Waals surface area contributed by atoms with Gasteiger partial charge in [0, 0.05) is 28.4 Å². The summed E-state index contributed by atoms with van der Waals surface area (Å²) in [6.07, 6.45) is 5.50. The molecule has 1 aliphatic carbocycles. The minimum atomic E-state index is -0.594. The van der Waals surface area contributed by atoms with Gasteiger partial charge in [-0.05, 0) is 56.9 Å². The third kappa shape index (κ3) is 7.93. The number of nitrogens with one attached hydrogen (secondary N) is 1. The lowest BCUT2D eigenvalue weighted by Crippen LogP contribution is -2.50. The molecule has 4 nitrogen and oxygen atoms in total. The first-order valence-corrected chi connectivity index (χ1v) is 13.8. The Balaban J connectivity index is 1.69. The number of hydrogen-bond acceptors (Lipinski definition) is 3. The number of carbonyl (C=O) groups excluding carboxylic acids is 2. The molecule has 0 heterocycles. The fourth-order valence-electron chi connectivity index (χ4n) is 4.48. The zero-order valence-corrected chi connectivity index (χ0v) is 22.5. The highest BCUT2D eigenvalue weighted by molar-refractivity contribution is 7.99. The van der Waals surface area contributed by atoms with Crippen molar-refractivity contribution in [2.24, 2.45) is 0 Å². The SMILES string of the molecule is Cc1cc(C)cc(CSCC(=O)N(Cc2ccc(Cl)cc2Cl)[C@H](C)C(=O)NC2CCCCC2)c1. The number of thioether (sulfide) groups is 1. The average molecular weight is 522 g/mol. The van der Waals surface area contributed by atoms with Gasteiger partial charge in [-0.15, -0.1) is 11.8 Å². The Morgan fingerprint density at radius 3 is 2.38 bits per heavy atom. The van der Waals surface area contributed by atoms with Gasteiger partial charge in [-0.1, -0.05) is 77.9 Å². The number of amides is 2. The van der Waals surface area contributed by atoms with Crippen molar-refractivity contribution < 1.29 is 9.59 Å². The van der Waals surface area contributed by atoms with Crippen molar-refractivity contribution in [3.63, 3.8) is 0 Å². The Bertz CT molecular complexity index is 988. The molecule has 1 saturated carbocycles. The van der Waals surface area contributed by atoms with Gasteiger partial charge < -0.3 is 10.2 Å². The maximum absolute atomic E-state index is 13.3. The summed E-state index contributed by atoms with van der Waals surface area (Å²) in [6.45, 7) is 6.22. The van der Waals surface area contributed by atoms with Crippen LogP contribution in [-0.2, 0) is 21.9 Å². The van der Waals surface area contributed by atoms with E-state index in [9.17, 15) is 9.59 Å². The van der Waals surface area contributed by atoms with Crippen molar-refractivity contribution >= 4 is 46.8 Å². The van der Waals surface area contributed by atoms with E-state index in [4.69, 9.17) is 23.2 Å². The second-order valence-electron chi connectivity index (χ2n) is 9.27. The molecule has 0 aliphatic heterocycles. The van der Waals surface area contributed by atoms with Crippen molar-refractivity contribution in [2.75, 3.05) is 5.75 Å². The molecule has 1 aliphatic rings. The number of carbonyl (C=O) groups is 2. The highest BCUT2D eigenvalue weighted by Crippen LogP contribution is 2.25. The molecule has 2 amide bonds. The van der Waals surface area contributed by atoms with Gasteiger partial charge >= 0.3 is 0 Å². The monoisotopic (exact) mass is 520 g/mol. The Hall–Kier alpha value is -1.69. The summed E-state index contributed by atoms with van der Waals surface area (Å²) in [5.41, 5.74) is 4.41. The fraction of sp³-hybridized carbons (Fsp3) is 0.481. The molecule has 0 spiro atoms. The highest BCUT2D eigenvalue weighted by atomic mass is 35.5. The summed E-state index contributed by atoms with van der Waals surface area (Å²) < 4.78 is 0. The number of hydrogen-bond donors (Lipinski definition) is 1. The summed E-state index contributed by atoms with van der Waals surface area (Å²) in [5, 5.41) is 4.20. The first-order valence-electron chi connectivity index (χ1n) is 11.9. The minimum absolute atomic E-state index is 0.0771. The zero-order chi connectivity index (χ0) is 24.7. The van der Waals surface area contributed by atoms with Crippen LogP contribution in [-0.4, -0.2) is 34.6 Å². The molecule has 2 aromatic carbocycles. The van der Waals surface area contributed by atoms with Gasteiger partial charge in [-0.3, -0.25) is 9.59 Å². The third-order valence-corrected chi connectivity index (χ3v) is 7.83. The normalized spacial score (nSPS) is 15.1. The molecule has 0 aromatic heterocycles. The maximum Gasteiger partial charge on any atom is 0.242 e. The summed E-state index contributed by atoms with van der Waals surface area (Å²) in [5.74, 6) is 0.849. The van der Waals surface area contributed by atoms with E-state index in [0.29, 0.717) is 15.8 Å².